The van der Waals surface area contributed by atoms with Crippen LogP contribution in [-0.4, -0.2) is 38.7 Å². The Bertz CT molecular complexity index is 296. The number of hydrogen-bond acceptors (Lipinski definition) is 6. The molecule has 0 bridgehead atoms. The second kappa shape index (κ2) is 9.35. The van der Waals surface area contributed by atoms with E-state index in [1.807, 2.05) is 6.92 Å². The van der Waals surface area contributed by atoms with Crippen molar-refractivity contribution in [2.45, 2.75) is 33.1 Å². The summed E-state index contributed by atoms with van der Waals surface area (Å²) in [6.45, 7) is 3.87. The second-order valence-electron chi connectivity index (χ2n) is 4.08. The summed E-state index contributed by atoms with van der Waals surface area (Å²) in [5.41, 5.74) is 0. The summed E-state index contributed by atoms with van der Waals surface area (Å²) in [4.78, 5) is 34.9. The first kappa shape index (κ1) is 17.4. The first-order valence-electron chi connectivity index (χ1n) is 6.32. The third-order valence-corrected chi connectivity index (χ3v) is 2.78. The molecular weight excluding hydrogens is 252 g/mol. The molecule has 0 aliphatic rings. The maximum absolute atomic E-state index is 11.7. The SMILES string of the molecule is CCC[C@H](CC(=O)OCC)C(C(=O)OC)C(=O)OC. The van der Waals surface area contributed by atoms with Crippen molar-refractivity contribution < 1.29 is 28.6 Å². The van der Waals surface area contributed by atoms with Gasteiger partial charge in [0.15, 0.2) is 5.92 Å². The molecule has 0 saturated heterocycles. The predicted octanol–water partition coefficient (Wildman–Crippen LogP) is 1.32. The van der Waals surface area contributed by atoms with Gasteiger partial charge in [-0.3, -0.25) is 14.4 Å². The van der Waals surface area contributed by atoms with Gasteiger partial charge in [0.05, 0.1) is 20.8 Å². The van der Waals surface area contributed by atoms with E-state index in [4.69, 9.17) is 4.74 Å². The zero-order valence-electron chi connectivity index (χ0n) is 11.9. The van der Waals surface area contributed by atoms with Gasteiger partial charge in [0.1, 0.15) is 0 Å². The lowest BCUT2D eigenvalue weighted by molar-refractivity contribution is -0.162. The second-order valence-corrected chi connectivity index (χ2v) is 4.08. The number of ether oxygens (including phenoxy) is 3. The largest absolute Gasteiger partial charge is 0.468 e. The van der Waals surface area contributed by atoms with Crippen LogP contribution in [0.1, 0.15) is 33.1 Å². The molecule has 0 amide bonds. The molecule has 0 spiro atoms. The zero-order chi connectivity index (χ0) is 14.8. The molecule has 0 aromatic carbocycles. The number of hydrogen-bond donors (Lipinski definition) is 0. The molecule has 0 radical (unpaired) electrons. The van der Waals surface area contributed by atoms with Crippen LogP contribution in [0.3, 0.4) is 0 Å². The number of methoxy groups -OCH3 is 2. The van der Waals surface area contributed by atoms with E-state index in [1.54, 1.807) is 6.92 Å². The lowest BCUT2D eigenvalue weighted by atomic mass is 9.85. The Hall–Kier alpha value is -1.59. The Morgan fingerprint density at radius 2 is 1.53 bits per heavy atom. The standard InChI is InChI=1S/C13H22O6/c1-5-7-9(8-10(14)19-6-2)11(12(15)17-3)13(16)18-4/h9,11H,5-8H2,1-4H3/t9-/m1/s1. The van der Waals surface area contributed by atoms with Crippen molar-refractivity contribution in [2.24, 2.45) is 11.8 Å². The van der Waals surface area contributed by atoms with Gasteiger partial charge in [-0.1, -0.05) is 13.3 Å². The third-order valence-electron chi connectivity index (χ3n) is 2.78. The summed E-state index contributed by atoms with van der Waals surface area (Å²) in [5.74, 6) is -3.36. The van der Waals surface area contributed by atoms with Crippen molar-refractivity contribution in [2.75, 3.05) is 20.8 Å². The minimum absolute atomic E-state index is 0.00343. The fourth-order valence-corrected chi connectivity index (χ4v) is 1.93. The Morgan fingerprint density at radius 1 is 1.00 bits per heavy atom. The Kier molecular flexibility index (Phi) is 8.57. The molecule has 0 aromatic rings. The van der Waals surface area contributed by atoms with Crippen molar-refractivity contribution in [1.82, 2.24) is 0 Å². The van der Waals surface area contributed by atoms with Crippen LogP contribution in [0, 0.1) is 11.8 Å². The molecule has 0 rings (SSSR count). The first-order valence-corrected chi connectivity index (χ1v) is 6.32. The minimum Gasteiger partial charge on any atom is -0.468 e. The van der Waals surface area contributed by atoms with Crippen molar-refractivity contribution in [3.8, 4) is 0 Å². The van der Waals surface area contributed by atoms with Gasteiger partial charge in [-0.05, 0) is 19.3 Å². The molecule has 0 fully saturated rings. The van der Waals surface area contributed by atoms with Gasteiger partial charge in [-0.2, -0.15) is 0 Å². The Morgan fingerprint density at radius 3 is 1.89 bits per heavy atom. The highest BCUT2D eigenvalue weighted by molar-refractivity contribution is 5.95. The van der Waals surface area contributed by atoms with Gasteiger partial charge in [0.25, 0.3) is 0 Å². The fourth-order valence-electron chi connectivity index (χ4n) is 1.93. The van der Waals surface area contributed by atoms with Gasteiger partial charge < -0.3 is 14.2 Å². The lowest BCUT2D eigenvalue weighted by Crippen LogP contribution is -2.35. The van der Waals surface area contributed by atoms with Crippen LogP contribution in [0.25, 0.3) is 0 Å². The highest BCUT2D eigenvalue weighted by Crippen LogP contribution is 2.25. The molecule has 0 heterocycles. The van der Waals surface area contributed by atoms with Crippen LogP contribution in [0.15, 0.2) is 0 Å². The van der Waals surface area contributed by atoms with Crippen LogP contribution in [0.5, 0.6) is 0 Å². The fraction of sp³-hybridized carbons (Fsp3) is 0.769. The van der Waals surface area contributed by atoms with Gasteiger partial charge in [0.2, 0.25) is 0 Å². The Balaban J connectivity index is 4.99. The lowest BCUT2D eigenvalue weighted by Gasteiger charge is -2.22. The van der Waals surface area contributed by atoms with E-state index in [1.165, 1.54) is 14.2 Å². The van der Waals surface area contributed by atoms with Gasteiger partial charge in [0, 0.05) is 6.42 Å². The quantitative estimate of drug-likeness (QED) is 0.377. The summed E-state index contributed by atoms with van der Waals surface area (Å²) in [6, 6.07) is 0. The van der Waals surface area contributed by atoms with Gasteiger partial charge in [-0.15, -0.1) is 0 Å². The Labute approximate surface area is 113 Å². The molecule has 6 nitrogen and oxygen atoms in total. The van der Waals surface area contributed by atoms with Crippen LogP contribution in [0.2, 0.25) is 0 Å². The molecule has 0 aliphatic heterocycles. The van der Waals surface area contributed by atoms with E-state index in [0.717, 1.165) is 6.42 Å². The van der Waals surface area contributed by atoms with Gasteiger partial charge in [-0.25, -0.2) is 0 Å². The average Bonchev–Trinajstić information content (AvgIpc) is 2.38. The smallest absolute Gasteiger partial charge is 0.320 e. The molecule has 0 unspecified atom stereocenters. The van der Waals surface area contributed by atoms with Crippen molar-refractivity contribution in [3.63, 3.8) is 0 Å². The molecule has 1 atom stereocenters. The highest BCUT2D eigenvalue weighted by atomic mass is 16.5. The summed E-state index contributed by atoms with van der Waals surface area (Å²) >= 11 is 0. The molecule has 0 aliphatic carbocycles. The highest BCUT2D eigenvalue weighted by Gasteiger charge is 2.37. The van der Waals surface area contributed by atoms with Crippen molar-refractivity contribution in [1.29, 1.82) is 0 Å². The normalized spacial score (nSPS) is 11.8. The van der Waals surface area contributed by atoms with Crippen LogP contribution in [0.4, 0.5) is 0 Å². The van der Waals surface area contributed by atoms with E-state index >= 15 is 0 Å². The summed E-state index contributed by atoms with van der Waals surface area (Å²) in [7, 11) is 2.40. The third kappa shape index (κ3) is 5.72. The molecule has 0 saturated carbocycles. The van der Waals surface area contributed by atoms with Crippen molar-refractivity contribution >= 4 is 17.9 Å². The molecule has 0 N–H and O–H groups in total. The maximum atomic E-state index is 11.7. The summed E-state index contributed by atoms with van der Waals surface area (Å²) in [6.07, 6.45) is 1.26. The van der Waals surface area contributed by atoms with Crippen LogP contribution >= 0.6 is 0 Å². The van der Waals surface area contributed by atoms with E-state index in [2.05, 4.69) is 9.47 Å². The van der Waals surface area contributed by atoms with E-state index in [-0.39, 0.29) is 13.0 Å². The summed E-state index contributed by atoms with van der Waals surface area (Å²) < 4.78 is 14.1. The van der Waals surface area contributed by atoms with E-state index in [9.17, 15) is 14.4 Å². The molecule has 110 valence electrons. The maximum Gasteiger partial charge on any atom is 0.320 e. The van der Waals surface area contributed by atoms with Gasteiger partial charge >= 0.3 is 17.9 Å². The summed E-state index contributed by atoms with van der Waals surface area (Å²) in [5, 5.41) is 0. The topological polar surface area (TPSA) is 78.9 Å². The molecule has 19 heavy (non-hydrogen) atoms. The number of carbonyl (C=O) groups is 3. The van der Waals surface area contributed by atoms with Crippen LogP contribution in [-0.2, 0) is 28.6 Å². The molecule has 6 heteroatoms. The monoisotopic (exact) mass is 274 g/mol. The van der Waals surface area contributed by atoms with E-state index < -0.39 is 29.7 Å². The number of esters is 3. The zero-order valence-corrected chi connectivity index (χ0v) is 11.9. The molecule has 0 aromatic heterocycles. The van der Waals surface area contributed by atoms with Crippen molar-refractivity contribution in [3.05, 3.63) is 0 Å². The molecular formula is C13H22O6. The average molecular weight is 274 g/mol. The predicted molar refractivity (Wildman–Crippen MR) is 67.2 cm³/mol. The van der Waals surface area contributed by atoms with Crippen LogP contribution < -0.4 is 0 Å². The number of carbonyl (C=O) groups excluding carboxylic acids is 3. The van der Waals surface area contributed by atoms with E-state index in [0.29, 0.717) is 6.42 Å². The minimum atomic E-state index is -1.08. The number of rotatable bonds is 8. The first-order chi connectivity index (χ1) is 9.01.